The number of aryl methyl sites for hydroxylation is 1. The average Bonchev–Trinajstić information content (AvgIpc) is 2.67. The van der Waals surface area contributed by atoms with Crippen molar-refractivity contribution in [2.45, 2.75) is 19.4 Å². The zero-order valence-corrected chi connectivity index (χ0v) is 14.6. The predicted molar refractivity (Wildman–Crippen MR) is 98.0 cm³/mol. The SMILES string of the molecule is Cc1cccc(C(=O)N2CCN(C3CCOc4ccccc43)CC2)c1. The lowest BCUT2D eigenvalue weighted by Crippen LogP contribution is -2.50. The summed E-state index contributed by atoms with van der Waals surface area (Å²) >= 11 is 0. The van der Waals surface area contributed by atoms with Gasteiger partial charge in [-0.3, -0.25) is 9.69 Å². The quantitative estimate of drug-likeness (QED) is 0.844. The van der Waals surface area contributed by atoms with Crippen molar-refractivity contribution in [1.29, 1.82) is 0 Å². The molecule has 2 aliphatic rings. The van der Waals surface area contributed by atoms with Crippen molar-refractivity contribution in [1.82, 2.24) is 9.80 Å². The molecule has 4 rings (SSSR count). The molecule has 2 aliphatic heterocycles. The lowest BCUT2D eigenvalue weighted by atomic mass is 9.98. The molecule has 0 saturated carbocycles. The normalized spacial score (nSPS) is 20.7. The second kappa shape index (κ2) is 6.89. The van der Waals surface area contributed by atoms with Gasteiger partial charge < -0.3 is 9.64 Å². The lowest BCUT2D eigenvalue weighted by Gasteiger charge is -2.41. The Balaban J connectivity index is 1.43. The molecule has 1 fully saturated rings. The summed E-state index contributed by atoms with van der Waals surface area (Å²) in [5.74, 6) is 1.16. The van der Waals surface area contributed by atoms with Crippen molar-refractivity contribution >= 4 is 5.91 Å². The van der Waals surface area contributed by atoms with Gasteiger partial charge in [0.15, 0.2) is 0 Å². The fraction of sp³-hybridized carbons (Fsp3) is 0.381. The molecule has 1 atom stereocenters. The van der Waals surface area contributed by atoms with Gasteiger partial charge in [0.1, 0.15) is 5.75 Å². The van der Waals surface area contributed by atoms with Gasteiger partial charge >= 0.3 is 0 Å². The van der Waals surface area contributed by atoms with Crippen LogP contribution in [0, 0.1) is 6.92 Å². The second-order valence-electron chi connectivity index (χ2n) is 6.89. The van der Waals surface area contributed by atoms with E-state index in [1.165, 1.54) is 5.56 Å². The minimum atomic E-state index is 0.149. The first-order chi connectivity index (χ1) is 12.2. The maximum absolute atomic E-state index is 12.7. The fourth-order valence-corrected chi connectivity index (χ4v) is 3.90. The summed E-state index contributed by atoms with van der Waals surface area (Å²) in [6.45, 7) is 6.19. The molecule has 1 saturated heterocycles. The molecule has 0 bridgehead atoms. The van der Waals surface area contributed by atoms with Crippen LogP contribution in [0.15, 0.2) is 48.5 Å². The highest BCUT2D eigenvalue weighted by molar-refractivity contribution is 5.94. The summed E-state index contributed by atoms with van der Waals surface area (Å²) < 4.78 is 5.78. The second-order valence-corrected chi connectivity index (χ2v) is 6.89. The van der Waals surface area contributed by atoms with Crippen LogP contribution in [-0.2, 0) is 0 Å². The molecule has 1 unspecified atom stereocenters. The molecule has 0 aromatic heterocycles. The molecule has 0 N–H and O–H groups in total. The van der Waals surface area contributed by atoms with Crippen molar-refractivity contribution < 1.29 is 9.53 Å². The minimum Gasteiger partial charge on any atom is -0.493 e. The summed E-state index contributed by atoms with van der Waals surface area (Å²) in [4.78, 5) is 17.2. The van der Waals surface area contributed by atoms with E-state index in [-0.39, 0.29) is 5.91 Å². The van der Waals surface area contributed by atoms with Crippen molar-refractivity contribution in [3.05, 3.63) is 65.2 Å². The van der Waals surface area contributed by atoms with Gasteiger partial charge in [-0.2, -0.15) is 0 Å². The molecule has 0 radical (unpaired) electrons. The molecule has 130 valence electrons. The third-order valence-electron chi connectivity index (χ3n) is 5.23. The number of fused-ring (bicyclic) bond motifs is 1. The van der Waals surface area contributed by atoms with Crippen molar-refractivity contribution in [3.63, 3.8) is 0 Å². The largest absolute Gasteiger partial charge is 0.493 e. The first kappa shape index (κ1) is 16.2. The fourth-order valence-electron chi connectivity index (χ4n) is 3.90. The molecule has 25 heavy (non-hydrogen) atoms. The summed E-state index contributed by atoms with van der Waals surface area (Å²) in [5.41, 5.74) is 3.21. The van der Waals surface area contributed by atoms with Crippen molar-refractivity contribution in [3.8, 4) is 5.75 Å². The van der Waals surface area contributed by atoms with Crippen LogP contribution in [0.25, 0.3) is 0 Å². The Labute approximate surface area is 149 Å². The molecule has 4 nitrogen and oxygen atoms in total. The summed E-state index contributed by atoms with van der Waals surface area (Å²) in [6, 6.07) is 16.6. The standard InChI is InChI=1S/C21H24N2O2/c1-16-5-4-6-17(15-16)21(24)23-12-10-22(11-13-23)19-9-14-25-20-8-3-2-7-18(19)20/h2-8,15,19H,9-14H2,1H3. The Morgan fingerprint density at radius 2 is 1.84 bits per heavy atom. The van der Waals surface area contributed by atoms with E-state index in [4.69, 9.17) is 4.74 Å². The van der Waals surface area contributed by atoms with Gasteiger partial charge in [-0.25, -0.2) is 0 Å². The molecule has 4 heteroatoms. The van der Waals surface area contributed by atoms with Gasteiger partial charge in [-0.15, -0.1) is 0 Å². The summed E-state index contributed by atoms with van der Waals surface area (Å²) in [5, 5.41) is 0. The number of piperazine rings is 1. The molecule has 2 heterocycles. The van der Waals surface area contributed by atoms with Crippen LogP contribution in [0.1, 0.15) is 33.9 Å². The number of rotatable bonds is 2. The van der Waals surface area contributed by atoms with E-state index >= 15 is 0 Å². The monoisotopic (exact) mass is 336 g/mol. The van der Waals surface area contributed by atoms with Crippen LogP contribution in [0.2, 0.25) is 0 Å². The maximum Gasteiger partial charge on any atom is 0.253 e. The minimum absolute atomic E-state index is 0.149. The van der Waals surface area contributed by atoms with Crippen molar-refractivity contribution in [2.75, 3.05) is 32.8 Å². The summed E-state index contributed by atoms with van der Waals surface area (Å²) in [7, 11) is 0. The van der Waals surface area contributed by atoms with Gasteiger partial charge in [0.25, 0.3) is 5.91 Å². The molecule has 2 aromatic rings. The first-order valence-corrected chi connectivity index (χ1v) is 9.04. The lowest BCUT2D eigenvalue weighted by molar-refractivity contribution is 0.0510. The number of amides is 1. The molecule has 1 amide bonds. The van der Waals surface area contributed by atoms with Crippen LogP contribution in [0.5, 0.6) is 5.75 Å². The first-order valence-electron chi connectivity index (χ1n) is 9.04. The zero-order valence-electron chi connectivity index (χ0n) is 14.6. The summed E-state index contributed by atoms with van der Waals surface area (Å²) in [6.07, 6.45) is 1.02. The number of benzene rings is 2. The van der Waals surface area contributed by atoms with Crippen LogP contribution >= 0.6 is 0 Å². The highest BCUT2D eigenvalue weighted by Gasteiger charge is 2.30. The maximum atomic E-state index is 12.7. The predicted octanol–water partition coefficient (Wildman–Crippen LogP) is 3.28. The van der Waals surface area contributed by atoms with Gasteiger partial charge in [-0.1, -0.05) is 35.9 Å². The van der Waals surface area contributed by atoms with Crippen molar-refractivity contribution in [2.24, 2.45) is 0 Å². The van der Waals surface area contributed by atoms with Crippen LogP contribution < -0.4 is 4.74 Å². The highest BCUT2D eigenvalue weighted by atomic mass is 16.5. The molecule has 0 spiro atoms. The van der Waals surface area contributed by atoms with E-state index in [1.54, 1.807) is 0 Å². The Hall–Kier alpha value is -2.33. The number of ether oxygens (including phenoxy) is 1. The van der Waals surface area contributed by atoms with E-state index in [2.05, 4.69) is 23.1 Å². The Kier molecular flexibility index (Phi) is 4.45. The zero-order chi connectivity index (χ0) is 17.2. The van der Waals surface area contributed by atoms with Gasteiger partial charge in [-0.05, 0) is 25.1 Å². The van der Waals surface area contributed by atoms with Crippen LogP contribution in [0.4, 0.5) is 0 Å². The Bertz CT molecular complexity index is 766. The highest BCUT2D eigenvalue weighted by Crippen LogP contribution is 2.36. The van der Waals surface area contributed by atoms with Crippen LogP contribution in [-0.4, -0.2) is 48.5 Å². The van der Waals surface area contributed by atoms with E-state index in [1.807, 2.05) is 42.2 Å². The smallest absolute Gasteiger partial charge is 0.253 e. The third-order valence-corrected chi connectivity index (χ3v) is 5.23. The van der Waals surface area contributed by atoms with Gasteiger partial charge in [0, 0.05) is 49.8 Å². The van der Waals surface area contributed by atoms with Gasteiger partial charge in [0.05, 0.1) is 6.61 Å². The Morgan fingerprint density at radius 3 is 2.64 bits per heavy atom. The topological polar surface area (TPSA) is 32.8 Å². The van der Waals surface area contributed by atoms with Gasteiger partial charge in [0.2, 0.25) is 0 Å². The van der Waals surface area contributed by atoms with E-state index in [9.17, 15) is 4.79 Å². The average molecular weight is 336 g/mol. The number of carbonyl (C=O) groups is 1. The van der Waals surface area contributed by atoms with E-state index in [0.29, 0.717) is 6.04 Å². The molecular weight excluding hydrogens is 312 g/mol. The van der Waals surface area contributed by atoms with E-state index in [0.717, 1.165) is 56.1 Å². The molecule has 2 aromatic carbocycles. The number of nitrogens with zero attached hydrogens (tertiary/aromatic N) is 2. The Morgan fingerprint density at radius 1 is 1.04 bits per heavy atom. The molecule has 0 aliphatic carbocycles. The molecular formula is C21H24N2O2. The number of para-hydroxylation sites is 1. The van der Waals surface area contributed by atoms with E-state index < -0.39 is 0 Å². The number of carbonyl (C=O) groups excluding carboxylic acids is 1. The van der Waals surface area contributed by atoms with Crippen LogP contribution in [0.3, 0.4) is 0 Å². The number of hydrogen-bond donors (Lipinski definition) is 0. The number of hydrogen-bond acceptors (Lipinski definition) is 3. The third kappa shape index (κ3) is 3.27.